The Balaban J connectivity index is 1.46. The summed E-state index contributed by atoms with van der Waals surface area (Å²) in [5.41, 5.74) is 5.33. The number of hydrogen-bond acceptors (Lipinski definition) is 7. The van der Waals surface area contributed by atoms with Gasteiger partial charge in [-0.2, -0.15) is 0 Å². The van der Waals surface area contributed by atoms with E-state index in [1.807, 2.05) is 30.3 Å². The van der Waals surface area contributed by atoms with Crippen LogP contribution < -0.4 is 15.0 Å². The Morgan fingerprint density at radius 2 is 1.97 bits per heavy atom. The first kappa shape index (κ1) is 21.2. The number of aryl methyl sites for hydroxylation is 2. The van der Waals surface area contributed by atoms with Gasteiger partial charge in [0.05, 0.1) is 12.1 Å². The van der Waals surface area contributed by atoms with Gasteiger partial charge in [-0.1, -0.05) is 41.6 Å². The highest BCUT2D eigenvalue weighted by Crippen LogP contribution is 2.34. The van der Waals surface area contributed by atoms with Crippen LogP contribution in [0.5, 0.6) is 11.5 Å². The smallest absolute Gasteiger partial charge is 0.272 e. The molecule has 0 fully saturated rings. The van der Waals surface area contributed by atoms with E-state index in [2.05, 4.69) is 37.0 Å². The first-order valence-electron chi connectivity index (χ1n) is 10.9. The summed E-state index contributed by atoms with van der Waals surface area (Å²) in [5, 5.41) is 1.61. The van der Waals surface area contributed by atoms with Gasteiger partial charge < -0.3 is 9.47 Å². The van der Waals surface area contributed by atoms with E-state index in [9.17, 15) is 4.79 Å². The number of thiophene rings is 1. The monoisotopic (exact) mass is 487 g/mol. The van der Waals surface area contributed by atoms with Crippen LogP contribution in [0.1, 0.15) is 22.3 Å². The predicted molar refractivity (Wildman–Crippen MR) is 136 cm³/mol. The summed E-state index contributed by atoms with van der Waals surface area (Å²) in [7, 11) is 0. The second-order valence-electron chi connectivity index (χ2n) is 8.33. The first-order chi connectivity index (χ1) is 16.6. The molecule has 0 atom stereocenters. The van der Waals surface area contributed by atoms with Crippen molar-refractivity contribution in [2.24, 2.45) is 0 Å². The largest absolute Gasteiger partial charge is 0.454 e. The maximum atomic E-state index is 13.7. The van der Waals surface area contributed by atoms with E-state index in [0.717, 1.165) is 32.8 Å². The molecule has 0 saturated heterocycles. The van der Waals surface area contributed by atoms with E-state index in [0.29, 0.717) is 22.2 Å². The van der Waals surface area contributed by atoms with Gasteiger partial charge in [-0.25, -0.2) is 9.97 Å². The summed E-state index contributed by atoms with van der Waals surface area (Å²) in [6.07, 6.45) is 1.75. The van der Waals surface area contributed by atoms with E-state index in [1.54, 1.807) is 22.5 Å². The van der Waals surface area contributed by atoms with Crippen molar-refractivity contribution in [2.45, 2.75) is 31.3 Å². The lowest BCUT2D eigenvalue weighted by Crippen LogP contribution is -2.23. The number of rotatable bonds is 5. The maximum Gasteiger partial charge on any atom is 0.272 e. The molecule has 0 bridgehead atoms. The Bertz CT molecular complexity index is 1620. The molecule has 6 nitrogen and oxygen atoms in total. The fourth-order valence-electron chi connectivity index (χ4n) is 4.11. The van der Waals surface area contributed by atoms with Crippen molar-refractivity contribution in [2.75, 3.05) is 6.79 Å². The summed E-state index contributed by atoms with van der Waals surface area (Å²) >= 11 is 2.99. The van der Waals surface area contributed by atoms with Crippen molar-refractivity contribution < 1.29 is 9.47 Å². The highest BCUT2D eigenvalue weighted by atomic mass is 32.2. The van der Waals surface area contributed by atoms with Gasteiger partial charge in [0.15, 0.2) is 16.7 Å². The van der Waals surface area contributed by atoms with Crippen molar-refractivity contribution in [3.63, 3.8) is 0 Å². The van der Waals surface area contributed by atoms with Gasteiger partial charge >= 0.3 is 0 Å². The molecule has 5 aromatic rings. The van der Waals surface area contributed by atoms with Gasteiger partial charge in [-0.05, 0) is 54.8 Å². The SMILES string of the molecule is Cc1ccc(C)c(CSc2nc3c(sc4ncccc43)c(=O)n2Cc2ccc3c(c2)OCO3)c1. The molecule has 0 unspecified atom stereocenters. The molecule has 0 aliphatic carbocycles. The lowest BCUT2D eigenvalue weighted by Gasteiger charge is -2.13. The molecule has 6 rings (SSSR count). The maximum absolute atomic E-state index is 13.7. The second-order valence-corrected chi connectivity index (χ2v) is 10.3. The highest BCUT2D eigenvalue weighted by Gasteiger charge is 2.19. The third kappa shape index (κ3) is 3.73. The van der Waals surface area contributed by atoms with Gasteiger partial charge in [-0.15, -0.1) is 11.3 Å². The first-order valence-corrected chi connectivity index (χ1v) is 12.7. The van der Waals surface area contributed by atoms with E-state index < -0.39 is 0 Å². The Kier molecular flexibility index (Phi) is 5.27. The fourth-order valence-corrected chi connectivity index (χ4v) is 6.20. The lowest BCUT2D eigenvalue weighted by molar-refractivity contribution is 0.174. The van der Waals surface area contributed by atoms with E-state index >= 15 is 0 Å². The third-order valence-corrected chi connectivity index (χ3v) is 8.07. The normalized spacial score (nSPS) is 12.6. The zero-order valence-corrected chi connectivity index (χ0v) is 20.3. The number of ether oxygens (including phenoxy) is 2. The number of fused-ring (bicyclic) bond motifs is 4. The van der Waals surface area contributed by atoms with Gasteiger partial charge in [0.1, 0.15) is 9.53 Å². The number of pyridine rings is 1. The van der Waals surface area contributed by atoms with Crippen molar-refractivity contribution >= 4 is 43.5 Å². The van der Waals surface area contributed by atoms with Gasteiger partial charge in [0, 0.05) is 17.3 Å². The van der Waals surface area contributed by atoms with E-state index in [1.165, 1.54) is 28.0 Å². The molecular weight excluding hydrogens is 466 g/mol. The summed E-state index contributed by atoms with van der Waals surface area (Å²) in [4.78, 5) is 24.0. The number of hydrogen-bond donors (Lipinski definition) is 0. The molecule has 0 N–H and O–H groups in total. The Labute approximate surface area is 204 Å². The summed E-state index contributed by atoms with van der Waals surface area (Å²) in [5.74, 6) is 2.16. The van der Waals surface area contributed by atoms with Crippen LogP contribution in [0.25, 0.3) is 20.4 Å². The van der Waals surface area contributed by atoms with Crippen molar-refractivity contribution in [1.29, 1.82) is 0 Å². The van der Waals surface area contributed by atoms with E-state index in [-0.39, 0.29) is 12.4 Å². The van der Waals surface area contributed by atoms with Crippen LogP contribution in [0.4, 0.5) is 0 Å². The number of benzene rings is 2. The molecule has 0 amide bonds. The highest BCUT2D eigenvalue weighted by molar-refractivity contribution is 7.98. The number of thioether (sulfide) groups is 1. The molecule has 2 aromatic carbocycles. The molecule has 34 heavy (non-hydrogen) atoms. The minimum atomic E-state index is -0.0471. The van der Waals surface area contributed by atoms with Crippen LogP contribution in [-0.4, -0.2) is 21.3 Å². The molecule has 3 aromatic heterocycles. The van der Waals surface area contributed by atoms with Crippen molar-refractivity contribution in [3.05, 3.63) is 87.3 Å². The van der Waals surface area contributed by atoms with Crippen molar-refractivity contribution in [1.82, 2.24) is 14.5 Å². The predicted octanol–water partition coefficient (Wildman–Crippen LogP) is 5.69. The zero-order chi connectivity index (χ0) is 23.2. The number of nitrogens with zero attached hydrogens (tertiary/aromatic N) is 3. The van der Waals surface area contributed by atoms with Crippen LogP contribution in [0.15, 0.2) is 64.7 Å². The summed E-state index contributed by atoms with van der Waals surface area (Å²) in [6.45, 7) is 4.83. The molecule has 1 aliphatic rings. The Morgan fingerprint density at radius 3 is 2.88 bits per heavy atom. The molecular formula is C26H21N3O3S2. The molecule has 170 valence electrons. The molecule has 8 heteroatoms. The van der Waals surface area contributed by atoms with Gasteiger partial charge in [0.2, 0.25) is 6.79 Å². The lowest BCUT2D eigenvalue weighted by atomic mass is 10.1. The second kappa shape index (κ2) is 8.45. The molecule has 1 aliphatic heterocycles. The minimum Gasteiger partial charge on any atom is -0.454 e. The number of aromatic nitrogens is 3. The quantitative estimate of drug-likeness (QED) is 0.234. The molecule has 0 spiro atoms. The third-order valence-electron chi connectivity index (χ3n) is 5.96. The Morgan fingerprint density at radius 1 is 1.09 bits per heavy atom. The topological polar surface area (TPSA) is 66.2 Å². The van der Waals surface area contributed by atoms with Crippen LogP contribution in [0.2, 0.25) is 0 Å². The van der Waals surface area contributed by atoms with E-state index in [4.69, 9.17) is 14.5 Å². The van der Waals surface area contributed by atoms with Crippen molar-refractivity contribution in [3.8, 4) is 11.5 Å². The summed E-state index contributed by atoms with van der Waals surface area (Å²) in [6, 6.07) is 16.1. The standard InChI is InChI=1S/C26H21N3O3S2/c1-15-5-6-16(2)18(10-15)13-33-26-28-22-19-4-3-9-27-24(19)34-23(22)25(30)29(26)12-17-7-8-20-21(11-17)32-14-31-20/h3-11H,12-14H2,1-2H3. The van der Waals surface area contributed by atoms with Gasteiger partial charge in [-0.3, -0.25) is 9.36 Å². The minimum absolute atomic E-state index is 0.0471. The molecule has 4 heterocycles. The van der Waals surface area contributed by atoms with Crippen LogP contribution in [0.3, 0.4) is 0 Å². The van der Waals surface area contributed by atoms with Crippen LogP contribution >= 0.6 is 23.1 Å². The zero-order valence-electron chi connectivity index (χ0n) is 18.7. The van der Waals surface area contributed by atoms with Crippen LogP contribution in [0, 0.1) is 13.8 Å². The average molecular weight is 488 g/mol. The van der Waals surface area contributed by atoms with Crippen LogP contribution in [-0.2, 0) is 12.3 Å². The summed E-state index contributed by atoms with van der Waals surface area (Å²) < 4.78 is 13.4. The molecule has 0 radical (unpaired) electrons. The van der Waals surface area contributed by atoms with Gasteiger partial charge in [0.25, 0.3) is 5.56 Å². The Hall–Kier alpha value is -3.36. The average Bonchev–Trinajstić information content (AvgIpc) is 3.46. The fraction of sp³-hybridized carbons (Fsp3) is 0.192. The molecule has 0 saturated carbocycles.